The number of hydrogen-bond donors (Lipinski definition) is 2. The van der Waals surface area contributed by atoms with Crippen LogP contribution in [0.3, 0.4) is 0 Å². The number of carbonyl (C=O) groups is 1. The topological polar surface area (TPSA) is 98.5 Å². The highest BCUT2D eigenvalue weighted by Crippen LogP contribution is 2.33. The summed E-state index contributed by atoms with van der Waals surface area (Å²) in [6, 6.07) is 9.14. The van der Waals surface area contributed by atoms with Gasteiger partial charge in [0.2, 0.25) is 10.0 Å². The van der Waals surface area contributed by atoms with Crippen molar-refractivity contribution in [2.45, 2.75) is 30.2 Å². The minimum Gasteiger partial charge on any atom is -0.465 e. The molecule has 1 aliphatic carbocycles. The fourth-order valence-corrected chi connectivity index (χ4v) is 4.97. The molecule has 6 nitrogen and oxygen atoms in total. The fraction of sp³-hybridized carbons (Fsp3) is 0.278. The summed E-state index contributed by atoms with van der Waals surface area (Å²) in [5.74, 6) is -0.581. The van der Waals surface area contributed by atoms with Crippen LogP contribution in [-0.2, 0) is 21.2 Å². The zero-order valence-electron chi connectivity index (χ0n) is 14.6. The van der Waals surface area contributed by atoms with Crippen LogP contribution in [0.1, 0.15) is 40.4 Å². The monoisotopic (exact) mass is 430 g/mol. The molecule has 9 heteroatoms. The molecule has 0 aromatic heterocycles. The number of nitrogens with one attached hydrogen (secondary N) is 1. The van der Waals surface area contributed by atoms with Crippen LogP contribution in [0.5, 0.6) is 0 Å². The molecular weight excluding hydrogens is 411 g/mol. The molecule has 0 saturated heterocycles. The molecule has 1 aliphatic rings. The Balaban J connectivity index is 0.00000261. The second-order valence-electron chi connectivity index (χ2n) is 6.16. The molecule has 0 amide bonds. The molecular formula is C18H20Cl2N2O4S. The first-order valence-corrected chi connectivity index (χ1v) is 9.96. The van der Waals surface area contributed by atoms with Gasteiger partial charge in [-0.1, -0.05) is 17.7 Å². The number of sulfonamides is 1. The van der Waals surface area contributed by atoms with Crippen molar-refractivity contribution in [3.05, 3.63) is 58.1 Å². The lowest BCUT2D eigenvalue weighted by molar-refractivity contribution is 0.0600. The summed E-state index contributed by atoms with van der Waals surface area (Å²) in [6.07, 6.45) is 2.42. The third-order valence-corrected chi connectivity index (χ3v) is 6.38. The molecule has 27 heavy (non-hydrogen) atoms. The minimum atomic E-state index is -3.86. The van der Waals surface area contributed by atoms with E-state index in [4.69, 9.17) is 17.3 Å². The summed E-state index contributed by atoms with van der Waals surface area (Å²) in [6.45, 7) is 0. The third-order valence-electron chi connectivity index (χ3n) is 4.42. The number of hydrogen-bond acceptors (Lipinski definition) is 5. The summed E-state index contributed by atoms with van der Waals surface area (Å²) in [7, 11) is -2.61. The van der Waals surface area contributed by atoms with Crippen molar-refractivity contribution in [2.75, 3.05) is 12.8 Å². The highest BCUT2D eigenvalue weighted by Gasteiger charge is 2.27. The van der Waals surface area contributed by atoms with Crippen LogP contribution in [-0.4, -0.2) is 21.5 Å². The molecule has 146 valence electrons. The van der Waals surface area contributed by atoms with E-state index >= 15 is 0 Å². The van der Waals surface area contributed by atoms with Gasteiger partial charge in [-0.15, -0.1) is 12.4 Å². The van der Waals surface area contributed by atoms with Crippen molar-refractivity contribution in [2.24, 2.45) is 0 Å². The number of fused-ring (bicyclic) bond motifs is 1. The van der Waals surface area contributed by atoms with Crippen LogP contribution in [0.4, 0.5) is 5.69 Å². The molecule has 1 unspecified atom stereocenters. The highest BCUT2D eigenvalue weighted by atomic mass is 35.5. The first kappa shape index (κ1) is 21.5. The number of anilines is 1. The molecule has 0 bridgehead atoms. The molecule has 0 saturated carbocycles. The Morgan fingerprint density at radius 2 is 2.00 bits per heavy atom. The minimum absolute atomic E-state index is 0. The van der Waals surface area contributed by atoms with Gasteiger partial charge in [0.25, 0.3) is 0 Å². The number of benzene rings is 2. The van der Waals surface area contributed by atoms with Crippen molar-refractivity contribution in [3.8, 4) is 0 Å². The number of aryl methyl sites for hydroxylation is 1. The first-order chi connectivity index (χ1) is 12.3. The van der Waals surface area contributed by atoms with E-state index in [2.05, 4.69) is 9.46 Å². The Kier molecular flexibility index (Phi) is 6.75. The van der Waals surface area contributed by atoms with E-state index in [0.29, 0.717) is 12.1 Å². The van der Waals surface area contributed by atoms with Crippen LogP contribution in [0.15, 0.2) is 41.3 Å². The lowest BCUT2D eigenvalue weighted by atomic mass is 9.88. The second kappa shape index (κ2) is 8.48. The maximum absolute atomic E-state index is 12.8. The molecule has 0 spiro atoms. The maximum atomic E-state index is 12.8. The smallest absolute Gasteiger partial charge is 0.337 e. The summed E-state index contributed by atoms with van der Waals surface area (Å²) < 4.78 is 33.0. The van der Waals surface area contributed by atoms with Gasteiger partial charge in [-0.25, -0.2) is 17.9 Å². The average molecular weight is 431 g/mol. The lowest BCUT2D eigenvalue weighted by Crippen LogP contribution is -2.31. The van der Waals surface area contributed by atoms with E-state index in [1.807, 2.05) is 12.1 Å². The van der Waals surface area contributed by atoms with Gasteiger partial charge in [-0.2, -0.15) is 0 Å². The van der Waals surface area contributed by atoms with Crippen LogP contribution in [0.25, 0.3) is 0 Å². The summed E-state index contributed by atoms with van der Waals surface area (Å²) in [5.41, 5.74) is 8.65. The lowest BCUT2D eigenvalue weighted by Gasteiger charge is -2.26. The number of nitrogen functional groups attached to an aromatic ring is 1. The van der Waals surface area contributed by atoms with Crippen molar-refractivity contribution < 1.29 is 17.9 Å². The highest BCUT2D eigenvalue weighted by molar-refractivity contribution is 7.89. The van der Waals surface area contributed by atoms with E-state index < -0.39 is 16.0 Å². The SMILES string of the molecule is COC(=O)c1ccc(S(=O)(=O)NC2CCCc3cc(N)ccc32)c(Cl)c1.Cl. The Morgan fingerprint density at radius 1 is 1.26 bits per heavy atom. The number of ether oxygens (including phenoxy) is 1. The standard InChI is InChI=1S/C18H19ClN2O4S.ClH/c1-25-18(22)12-5-8-17(15(19)10-12)26(23,24)21-16-4-2-3-11-9-13(20)6-7-14(11)16;/h5-10,16,21H,2-4,20H2,1H3;1H. The van der Waals surface area contributed by atoms with E-state index in [1.165, 1.54) is 25.3 Å². The molecule has 2 aromatic rings. The number of nitrogens with two attached hydrogens (primary N) is 1. The molecule has 3 rings (SSSR count). The summed E-state index contributed by atoms with van der Waals surface area (Å²) in [4.78, 5) is 11.5. The number of rotatable bonds is 4. The Hall–Kier alpha value is -1.80. The predicted molar refractivity (Wildman–Crippen MR) is 107 cm³/mol. The maximum Gasteiger partial charge on any atom is 0.337 e. The number of esters is 1. The van der Waals surface area contributed by atoms with Crippen LogP contribution < -0.4 is 10.5 Å². The van der Waals surface area contributed by atoms with Crippen molar-refractivity contribution >= 4 is 45.7 Å². The Bertz CT molecular complexity index is 964. The van der Waals surface area contributed by atoms with Gasteiger partial charge in [0, 0.05) is 11.7 Å². The number of halogens is 2. The molecule has 0 aliphatic heterocycles. The van der Waals surface area contributed by atoms with Crippen LogP contribution >= 0.6 is 24.0 Å². The van der Waals surface area contributed by atoms with Gasteiger partial charge < -0.3 is 10.5 Å². The molecule has 1 atom stereocenters. The molecule has 2 aromatic carbocycles. The van der Waals surface area contributed by atoms with Gasteiger partial charge >= 0.3 is 5.97 Å². The van der Waals surface area contributed by atoms with E-state index in [-0.39, 0.29) is 33.9 Å². The Morgan fingerprint density at radius 3 is 2.67 bits per heavy atom. The van der Waals surface area contributed by atoms with Gasteiger partial charge in [-0.3, -0.25) is 0 Å². The van der Waals surface area contributed by atoms with Crippen LogP contribution in [0.2, 0.25) is 5.02 Å². The third kappa shape index (κ3) is 4.55. The number of methoxy groups -OCH3 is 1. The van der Waals surface area contributed by atoms with Gasteiger partial charge in [0.15, 0.2) is 0 Å². The molecule has 0 fully saturated rings. The van der Waals surface area contributed by atoms with E-state index in [0.717, 1.165) is 24.0 Å². The zero-order valence-corrected chi connectivity index (χ0v) is 17.0. The fourth-order valence-electron chi connectivity index (χ4n) is 3.17. The second-order valence-corrected chi connectivity index (χ2v) is 8.25. The van der Waals surface area contributed by atoms with Crippen molar-refractivity contribution in [3.63, 3.8) is 0 Å². The molecule has 0 radical (unpaired) electrons. The largest absolute Gasteiger partial charge is 0.465 e. The first-order valence-electron chi connectivity index (χ1n) is 8.10. The normalized spacial score (nSPS) is 16.1. The number of carbonyl (C=O) groups excluding carboxylic acids is 1. The van der Waals surface area contributed by atoms with Crippen molar-refractivity contribution in [1.29, 1.82) is 0 Å². The molecule has 3 N–H and O–H groups in total. The van der Waals surface area contributed by atoms with Crippen LogP contribution in [0, 0.1) is 0 Å². The summed E-state index contributed by atoms with van der Waals surface area (Å²) >= 11 is 6.11. The zero-order chi connectivity index (χ0) is 18.9. The van der Waals surface area contributed by atoms with E-state index in [1.54, 1.807) is 6.07 Å². The summed E-state index contributed by atoms with van der Waals surface area (Å²) in [5, 5.41) is -0.0336. The average Bonchev–Trinajstić information content (AvgIpc) is 2.60. The van der Waals surface area contributed by atoms with Gasteiger partial charge in [0.1, 0.15) is 4.90 Å². The van der Waals surface area contributed by atoms with E-state index in [9.17, 15) is 13.2 Å². The van der Waals surface area contributed by atoms with Gasteiger partial charge in [0.05, 0.1) is 17.7 Å². The Labute approximate surface area is 169 Å². The van der Waals surface area contributed by atoms with Gasteiger partial charge in [-0.05, 0) is 60.7 Å². The molecule has 0 heterocycles. The predicted octanol–water partition coefficient (Wildman–Crippen LogP) is 3.49. The quantitative estimate of drug-likeness (QED) is 0.571. The van der Waals surface area contributed by atoms with Crippen molar-refractivity contribution in [1.82, 2.24) is 4.72 Å².